The number of carbonyl (C=O) groups excluding carboxylic acids is 1. The topological polar surface area (TPSA) is 93.1 Å². The Morgan fingerprint density at radius 3 is 2.67 bits per heavy atom. The van der Waals surface area contributed by atoms with Gasteiger partial charge in [-0.2, -0.15) is 0 Å². The van der Waals surface area contributed by atoms with E-state index in [2.05, 4.69) is 0 Å². The van der Waals surface area contributed by atoms with Gasteiger partial charge in [-0.1, -0.05) is 0 Å². The minimum absolute atomic E-state index is 0.176. The summed E-state index contributed by atoms with van der Waals surface area (Å²) in [6.45, 7) is 0. The SMILES string of the molecule is O=C1OC(P(=O)(O)O)c2cc(OC3CC3)ccc21. The maximum atomic E-state index is 11.5. The molecule has 18 heavy (non-hydrogen) atoms. The monoisotopic (exact) mass is 270 g/mol. The molecule has 1 aromatic rings. The van der Waals surface area contributed by atoms with E-state index in [4.69, 9.17) is 19.3 Å². The smallest absolute Gasteiger partial charge is 0.370 e. The van der Waals surface area contributed by atoms with Gasteiger partial charge in [0.25, 0.3) is 0 Å². The molecule has 1 aromatic carbocycles. The molecule has 0 spiro atoms. The fourth-order valence-corrected chi connectivity index (χ4v) is 2.67. The summed E-state index contributed by atoms with van der Waals surface area (Å²) in [5, 5.41) is 0. The molecular weight excluding hydrogens is 259 g/mol. The first kappa shape index (κ1) is 11.7. The maximum Gasteiger partial charge on any atom is 0.370 e. The molecule has 6 nitrogen and oxygen atoms in total. The zero-order valence-corrected chi connectivity index (χ0v) is 10.2. The van der Waals surface area contributed by atoms with Crippen LogP contribution in [0.1, 0.15) is 34.6 Å². The molecule has 7 heteroatoms. The molecule has 1 atom stereocenters. The minimum atomic E-state index is -4.52. The van der Waals surface area contributed by atoms with Crippen molar-refractivity contribution in [3.8, 4) is 5.75 Å². The van der Waals surface area contributed by atoms with Gasteiger partial charge in [-0.15, -0.1) is 0 Å². The number of cyclic esters (lactones) is 1. The van der Waals surface area contributed by atoms with Crippen LogP contribution in [0.2, 0.25) is 0 Å². The summed E-state index contributed by atoms with van der Waals surface area (Å²) in [6, 6.07) is 4.56. The van der Waals surface area contributed by atoms with Crippen LogP contribution in [0.15, 0.2) is 18.2 Å². The highest BCUT2D eigenvalue weighted by atomic mass is 31.2. The lowest BCUT2D eigenvalue weighted by Crippen LogP contribution is -2.00. The van der Waals surface area contributed by atoms with E-state index in [1.54, 1.807) is 6.07 Å². The predicted molar refractivity (Wildman–Crippen MR) is 60.3 cm³/mol. The Morgan fingerprint density at radius 2 is 2.06 bits per heavy atom. The zero-order valence-electron chi connectivity index (χ0n) is 9.28. The number of hydrogen-bond acceptors (Lipinski definition) is 4. The molecule has 1 aliphatic carbocycles. The van der Waals surface area contributed by atoms with Crippen LogP contribution >= 0.6 is 7.60 Å². The number of hydrogen-bond donors (Lipinski definition) is 2. The second kappa shape index (κ2) is 3.82. The van der Waals surface area contributed by atoms with Crippen LogP contribution in [0, 0.1) is 0 Å². The lowest BCUT2D eigenvalue weighted by atomic mass is 10.1. The number of ether oxygens (including phenoxy) is 2. The molecule has 1 aliphatic heterocycles. The first-order chi connectivity index (χ1) is 8.45. The molecule has 0 bridgehead atoms. The summed E-state index contributed by atoms with van der Waals surface area (Å²) in [7, 11) is -4.52. The average Bonchev–Trinajstić information content (AvgIpc) is 3.01. The average molecular weight is 270 g/mol. The van der Waals surface area contributed by atoms with Crippen LogP contribution in [0.5, 0.6) is 5.75 Å². The van der Waals surface area contributed by atoms with Crippen LogP contribution in [0.4, 0.5) is 0 Å². The summed E-state index contributed by atoms with van der Waals surface area (Å²) < 4.78 is 21.5. The van der Waals surface area contributed by atoms with E-state index in [0.717, 1.165) is 12.8 Å². The van der Waals surface area contributed by atoms with Gasteiger partial charge in [-0.05, 0) is 31.0 Å². The van der Waals surface area contributed by atoms with Crippen molar-refractivity contribution in [3.05, 3.63) is 29.3 Å². The van der Waals surface area contributed by atoms with Gasteiger partial charge < -0.3 is 19.3 Å². The highest BCUT2D eigenvalue weighted by Gasteiger charge is 2.43. The lowest BCUT2D eigenvalue weighted by Gasteiger charge is -2.12. The van der Waals surface area contributed by atoms with Crippen LogP contribution in [0.3, 0.4) is 0 Å². The highest BCUT2D eigenvalue weighted by molar-refractivity contribution is 7.52. The number of benzene rings is 1. The largest absolute Gasteiger partial charge is 0.490 e. The quantitative estimate of drug-likeness (QED) is 0.639. The van der Waals surface area contributed by atoms with E-state index >= 15 is 0 Å². The summed E-state index contributed by atoms with van der Waals surface area (Å²) in [6.07, 6.45) is 2.14. The molecule has 1 saturated carbocycles. The maximum absolute atomic E-state index is 11.5. The van der Waals surface area contributed by atoms with Crippen molar-refractivity contribution in [1.82, 2.24) is 0 Å². The third-order valence-corrected chi connectivity index (χ3v) is 3.85. The third-order valence-electron chi connectivity index (χ3n) is 2.86. The molecule has 1 unspecified atom stereocenters. The second-order valence-electron chi connectivity index (χ2n) is 4.41. The van der Waals surface area contributed by atoms with Crippen molar-refractivity contribution < 1.29 is 28.6 Å². The Kier molecular flexibility index (Phi) is 2.48. The van der Waals surface area contributed by atoms with Crippen molar-refractivity contribution in [2.24, 2.45) is 0 Å². The zero-order chi connectivity index (χ0) is 12.9. The number of esters is 1. The van der Waals surface area contributed by atoms with Gasteiger partial charge in [0.1, 0.15) is 5.75 Å². The highest BCUT2D eigenvalue weighted by Crippen LogP contribution is 2.56. The van der Waals surface area contributed by atoms with Crippen LogP contribution in [-0.4, -0.2) is 21.9 Å². The van der Waals surface area contributed by atoms with Gasteiger partial charge in [0.05, 0.1) is 11.7 Å². The van der Waals surface area contributed by atoms with E-state index in [-0.39, 0.29) is 17.2 Å². The Morgan fingerprint density at radius 1 is 1.33 bits per heavy atom. The fraction of sp³-hybridized carbons (Fsp3) is 0.364. The van der Waals surface area contributed by atoms with Crippen molar-refractivity contribution in [2.45, 2.75) is 24.8 Å². The summed E-state index contributed by atoms with van der Waals surface area (Å²) in [5.74, 6) is -1.72. The first-order valence-corrected chi connectivity index (χ1v) is 7.20. The Bertz CT molecular complexity index is 559. The molecule has 96 valence electrons. The van der Waals surface area contributed by atoms with Gasteiger partial charge in [0.15, 0.2) is 0 Å². The van der Waals surface area contributed by atoms with Crippen LogP contribution < -0.4 is 4.74 Å². The van der Waals surface area contributed by atoms with Gasteiger partial charge in [-0.25, -0.2) is 4.79 Å². The van der Waals surface area contributed by atoms with Crippen molar-refractivity contribution >= 4 is 13.6 Å². The number of fused-ring (bicyclic) bond motifs is 1. The summed E-state index contributed by atoms with van der Waals surface area (Å²) >= 11 is 0. The molecule has 3 rings (SSSR count). The normalized spacial score (nSPS) is 22.6. The molecular formula is C11H11O6P. The number of rotatable bonds is 3. The fourth-order valence-electron chi connectivity index (χ4n) is 1.86. The Labute approximate surface area is 103 Å². The summed E-state index contributed by atoms with van der Waals surface area (Å²) in [4.78, 5) is 29.8. The molecule has 0 radical (unpaired) electrons. The van der Waals surface area contributed by atoms with Gasteiger partial charge in [-0.3, -0.25) is 4.57 Å². The van der Waals surface area contributed by atoms with Crippen molar-refractivity contribution in [3.63, 3.8) is 0 Å². The second-order valence-corrected chi connectivity index (χ2v) is 6.06. The van der Waals surface area contributed by atoms with E-state index in [1.807, 2.05) is 0 Å². The van der Waals surface area contributed by atoms with Crippen LogP contribution in [0.25, 0.3) is 0 Å². The molecule has 0 amide bonds. The standard InChI is InChI=1S/C11H11O6P/c12-10-8-4-3-7(16-6-1-2-6)5-9(8)11(17-10)18(13,14)15/h3-6,11H,1-2H2,(H2,13,14,15). The Hall–Kier alpha value is -1.36. The van der Waals surface area contributed by atoms with E-state index in [0.29, 0.717) is 5.75 Å². The predicted octanol–water partition coefficient (Wildman–Crippen LogP) is 1.57. The van der Waals surface area contributed by atoms with E-state index in [1.165, 1.54) is 12.1 Å². The first-order valence-electron chi connectivity index (χ1n) is 5.52. The molecule has 2 N–H and O–H groups in total. The molecule has 2 aliphatic rings. The summed E-state index contributed by atoms with van der Waals surface area (Å²) in [5.41, 5.74) is 0.387. The minimum Gasteiger partial charge on any atom is -0.490 e. The molecule has 1 heterocycles. The Balaban J connectivity index is 1.99. The van der Waals surface area contributed by atoms with Crippen LogP contribution in [-0.2, 0) is 9.30 Å². The molecule has 0 aromatic heterocycles. The molecule has 0 saturated heterocycles. The number of carbonyl (C=O) groups is 1. The lowest BCUT2D eigenvalue weighted by molar-refractivity contribution is 0.0471. The molecule has 1 fully saturated rings. The van der Waals surface area contributed by atoms with Gasteiger partial charge >= 0.3 is 13.6 Å². The van der Waals surface area contributed by atoms with Crippen molar-refractivity contribution in [2.75, 3.05) is 0 Å². The van der Waals surface area contributed by atoms with E-state index < -0.39 is 19.4 Å². The van der Waals surface area contributed by atoms with Gasteiger partial charge in [0, 0.05) is 5.56 Å². The van der Waals surface area contributed by atoms with Crippen molar-refractivity contribution in [1.29, 1.82) is 0 Å². The van der Waals surface area contributed by atoms with Gasteiger partial charge in [0.2, 0.25) is 5.85 Å². The third kappa shape index (κ3) is 2.03. The van der Waals surface area contributed by atoms with E-state index in [9.17, 15) is 9.36 Å².